The van der Waals surface area contributed by atoms with Crippen LogP contribution in [-0.2, 0) is 11.2 Å². The molecule has 0 atom stereocenters. The maximum absolute atomic E-state index is 11.2. The van der Waals surface area contributed by atoms with Crippen molar-refractivity contribution in [3.8, 4) is 0 Å². The molecule has 19 heavy (non-hydrogen) atoms. The van der Waals surface area contributed by atoms with Crippen molar-refractivity contribution in [3.63, 3.8) is 0 Å². The number of aliphatic carboxylic acids is 1. The second-order valence-electron chi connectivity index (χ2n) is 3.37. The zero-order chi connectivity index (χ0) is 13.8. The van der Waals surface area contributed by atoms with Crippen LogP contribution >= 0.6 is 27.7 Å². The van der Waals surface area contributed by atoms with Crippen LogP contribution in [0.25, 0.3) is 6.08 Å². The monoisotopic (exact) mass is 344 g/mol. The molecule has 2 aromatic rings. The molecule has 0 spiro atoms. The van der Waals surface area contributed by atoms with E-state index in [4.69, 9.17) is 13.9 Å². The molecule has 0 unspecified atom stereocenters. The Morgan fingerprint density at radius 2 is 2.26 bits per heavy atom. The van der Waals surface area contributed by atoms with Crippen molar-refractivity contribution in [1.82, 2.24) is 10.2 Å². The molecule has 1 N–H and O–H groups in total. The number of carbonyl (C=O) groups is 1. The Hall–Kier alpha value is -1.54. The molecule has 0 aliphatic rings. The molecule has 0 radical (unpaired) electrons. The highest BCUT2D eigenvalue weighted by molar-refractivity contribution is 9.10. The molecule has 0 aliphatic heterocycles. The molecule has 0 saturated heterocycles. The minimum atomic E-state index is -1.09. The first-order chi connectivity index (χ1) is 9.08. The summed E-state index contributed by atoms with van der Waals surface area (Å²) in [6, 6.07) is 3.33. The Kier molecular flexibility index (Phi) is 4.43. The molecular weight excluding hydrogens is 336 g/mol. The summed E-state index contributed by atoms with van der Waals surface area (Å²) in [4.78, 5) is 11.2. The summed E-state index contributed by atoms with van der Waals surface area (Å²) >= 11 is 4.03. The lowest BCUT2D eigenvalue weighted by molar-refractivity contribution is -0.131. The lowest BCUT2D eigenvalue weighted by atomic mass is 10.4. The maximum atomic E-state index is 11.2. The molecule has 2 rings (SSSR count). The highest BCUT2D eigenvalue weighted by Gasteiger charge is 2.15. The predicted molar refractivity (Wildman–Crippen MR) is 71.6 cm³/mol. The average molecular weight is 345 g/mol. The van der Waals surface area contributed by atoms with Gasteiger partial charge in [-0.2, -0.15) is 0 Å². The lowest BCUT2D eigenvalue weighted by Crippen LogP contribution is -1.96. The van der Waals surface area contributed by atoms with E-state index in [1.54, 1.807) is 12.1 Å². The fraction of sp³-hybridized carbons (Fsp3) is 0.182. The van der Waals surface area contributed by atoms with Gasteiger partial charge in [-0.15, -0.1) is 10.2 Å². The van der Waals surface area contributed by atoms with E-state index in [2.05, 4.69) is 26.1 Å². The van der Waals surface area contributed by atoms with E-state index in [-0.39, 0.29) is 10.1 Å². The van der Waals surface area contributed by atoms with E-state index in [1.165, 1.54) is 6.08 Å². The fourth-order valence-electron chi connectivity index (χ4n) is 1.19. The number of carboxylic acid groups (broad SMARTS) is 1. The number of aromatic nitrogens is 2. The number of thioether (sulfide) groups is 1. The van der Waals surface area contributed by atoms with E-state index in [1.807, 2.05) is 6.92 Å². The first-order valence-corrected chi connectivity index (χ1v) is 6.90. The van der Waals surface area contributed by atoms with Gasteiger partial charge in [0.1, 0.15) is 10.7 Å². The van der Waals surface area contributed by atoms with Crippen LogP contribution in [0.15, 0.2) is 35.8 Å². The third kappa shape index (κ3) is 3.71. The molecule has 0 saturated carbocycles. The summed E-state index contributed by atoms with van der Waals surface area (Å²) in [7, 11) is 0. The fourth-order valence-corrected chi connectivity index (χ4v) is 2.18. The summed E-state index contributed by atoms with van der Waals surface area (Å²) in [5.41, 5.74) is 0. The molecule has 0 aromatic carbocycles. The van der Waals surface area contributed by atoms with E-state index in [9.17, 15) is 4.79 Å². The SMILES string of the molecule is CCc1nnc(S/C(=C\c2ccc(Br)o2)C(=O)O)o1. The van der Waals surface area contributed by atoms with Crippen LogP contribution < -0.4 is 0 Å². The summed E-state index contributed by atoms with van der Waals surface area (Å²) in [5, 5.41) is 16.9. The van der Waals surface area contributed by atoms with Crippen molar-refractivity contribution in [2.45, 2.75) is 18.6 Å². The Morgan fingerprint density at radius 3 is 2.79 bits per heavy atom. The number of nitrogens with zero attached hydrogens (tertiary/aromatic N) is 2. The van der Waals surface area contributed by atoms with Gasteiger partial charge in [0.05, 0.1) is 0 Å². The van der Waals surface area contributed by atoms with Crippen molar-refractivity contribution in [3.05, 3.63) is 33.4 Å². The van der Waals surface area contributed by atoms with Crippen LogP contribution in [0.4, 0.5) is 0 Å². The number of halogens is 1. The molecule has 0 aliphatic carbocycles. The van der Waals surface area contributed by atoms with Crippen molar-refractivity contribution >= 4 is 39.7 Å². The third-order valence-electron chi connectivity index (χ3n) is 2.03. The molecule has 6 nitrogen and oxygen atoms in total. The summed E-state index contributed by atoms with van der Waals surface area (Å²) < 4.78 is 11.0. The molecule has 0 bridgehead atoms. The van der Waals surface area contributed by atoms with Crippen molar-refractivity contribution in [2.75, 3.05) is 0 Å². The summed E-state index contributed by atoms with van der Waals surface area (Å²) in [5.74, 6) is -0.200. The smallest absolute Gasteiger partial charge is 0.342 e. The van der Waals surface area contributed by atoms with Gasteiger partial charge in [-0.05, 0) is 39.8 Å². The molecule has 100 valence electrons. The van der Waals surface area contributed by atoms with Gasteiger partial charge in [-0.25, -0.2) is 4.79 Å². The maximum Gasteiger partial charge on any atom is 0.342 e. The van der Waals surface area contributed by atoms with E-state index >= 15 is 0 Å². The predicted octanol–water partition coefficient (Wildman–Crippen LogP) is 3.21. The van der Waals surface area contributed by atoms with Crippen LogP contribution in [0.3, 0.4) is 0 Å². The number of aryl methyl sites for hydroxylation is 1. The molecule has 0 fully saturated rings. The second-order valence-corrected chi connectivity index (χ2v) is 5.15. The normalized spacial score (nSPS) is 11.8. The first kappa shape index (κ1) is 13.9. The molecule has 8 heteroatoms. The van der Waals surface area contributed by atoms with Crippen LogP contribution in [-0.4, -0.2) is 21.3 Å². The first-order valence-electron chi connectivity index (χ1n) is 5.29. The van der Waals surface area contributed by atoms with E-state index in [0.717, 1.165) is 11.8 Å². The van der Waals surface area contributed by atoms with Gasteiger partial charge < -0.3 is 13.9 Å². The van der Waals surface area contributed by atoms with Crippen LogP contribution in [0.2, 0.25) is 0 Å². The highest BCUT2D eigenvalue weighted by Crippen LogP contribution is 2.28. The Balaban J connectivity index is 2.21. The van der Waals surface area contributed by atoms with Gasteiger partial charge >= 0.3 is 5.97 Å². The Labute approximate surface area is 121 Å². The minimum absolute atomic E-state index is 0.0353. The van der Waals surface area contributed by atoms with Crippen molar-refractivity contribution < 1.29 is 18.7 Å². The largest absolute Gasteiger partial charge is 0.477 e. The molecule has 0 amide bonds. The van der Waals surface area contributed by atoms with Gasteiger partial charge in [0.2, 0.25) is 5.89 Å². The second kappa shape index (κ2) is 6.07. The lowest BCUT2D eigenvalue weighted by Gasteiger charge is -1.96. The molecule has 2 heterocycles. The summed E-state index contributed by atoms with van der Waals surface area (Å²) in [6.45, 7) is 1.87. The van der Waals surface area contributed by atoms with E-state index in [0.29, 0.717) is 22.7 Å². The van der Waals surface area contributed by atoms with Crippen LogP contribution in [0.5, 0.6) is 0 Å². The number of carboxylic acids is 1. The Morgan fingerprint density at radius 1 is 1.47 bits per heavy atom. The van der Waals surface area contributed by atoms with Crippen molar-refractivity contribution in [2.24, 2.45) is 0 Å². The van der Waals surface area contributed by atoms with Gasteiger partial charge in [0, 0.05) is 12.5 Å². The summed E-state index contributed by atoms with van der Waals surface area (Å²) in [6.07, 6.45) is 2.00. The third-order valence-corrected chi connectivity index (χ3v) is 3.30. The molecular formula is C11H9BrN2O4S. The van der Waals surface area contributed by atoms with Crippen molar-refractivity contribution in [1.29, 1.82) is 0 Å². The zero-order valence-electron chi connectivity index (χ0n) is 9.79. The van der Waals surface area contributed by atoms with Gasteiger partial charge in [0.25, 0.3) is 5.22 Å². The zero-order valence-corrected chi connectivity index (χ0v) is 12.2. The highest BCUT2D eigenvalue weighted by atomic mass is 79.9. The standard InChI is InChI=1S/C11H9BrN2O4S/c1-2-9-13-14-11(18-9)19-7(10(15)16)5-6-3-4-8(12)17-6/h3-5H,2H2,1H3,(H,15,16)/b7-5-. The van der Waals surface area contributed by atoms with Crippen LogP contribution in [0, 0.1) is 0 Å². The Bertz CT molecular complexity index is 620. The number of hydrogen-bond donors (Lipinski definition) is 1. The molecule has 2 aromatic heterocycles. The van der Waals surface area contributed by atoms with Gasteiger partial charge in [-0.3, -0.25) is 0 Å². The topological polar surface area (TPSA) is 89.4 Å². The average Bonchev–Trinajstić information content (AvgIpc) is 2.97. The van der Waals surface area contributed by atoms with E-state index < -0.39 is 5.97 Å². The van der Waals surface area contributed by atoms with Crippen LogP contribution in [0.1, 0.15) is 18.6 Å². The number of hydrogen-bond acceptors (Lipinski definition) is 6. The van der Waals surface area contributed by atoms with Gasteiger partial charge in [0.15, 0.2) is 4.67 Å². The minimum Gasteiger partial charge on any atom is -0.477 e. The number of rotatable bonds is 5. The van der Waals surface area contributed by atoms with Gasteiger partial charge in [-0.1, -0.05) is 6.92 Å². The quantitative estimate of drug-likeness (QED) is 0.657. The number of furan rings is 1.